The van der Waals surface area contributed by atoms with Crippen LogP contribution in [0.1, 0.15) is 41.2 Å². The molecule has 1 aromatic carbocycles. The second kappa shape index (κ2) is 7.13. The fraction of sp³-hybridized carbons (Fsp3) is 0.333. The molecule has 1 heterocycles. The van der Waals surface area contributed by atoms with Crippen molar-refractivity contribution in [2.75, 3.05) is 5.43 Å². The van der Waals surface area contributed by atoms with Crippen LogP contribution >= 0.6 is 0 Å². The third kappa shape index (κ3) is 4.22. The van der Waals surface area contributed by atoms with Crippen molar-refractivity contribution in [1.29, 1.82) is 0 Å². The number of anilines is 1. The van der Waals surface area contributed by atoms with Gasteiger partial charge in [-0.1, -0.05) is 26.0 Å². The van der Waals surface area contributed by atoms with Crippen LogP contribution in [0.4, 0.5) is 5.69 Å². The first-order chi connectivity index (χ1) is 10.9. The highest BCUT2D eigenvalue weighted by Crippen LogP contribution is 2.16. The van der Waals surface area contributed by atoms with Gasteiger partial charge in [0, 0.05) is 23.5 Å². The highest BCUT2D eigenvalue weighted by molar-refractivity contribution is 5.86. The van der Waals surface area contributed by atoms with Crippen LogP contribution in [0.3, 0.4) is 0 Å². The van der Waals surface area contributed by atoms with E-state index < -0.39 is 5.97 Å². The Balaban J connectivity index is 2.07. The minimum Gasteiger partial charge on any atom is -0.545 e. The third-order valence-electron chi connectivity index (χ3n) is 3.68. The standard InChI is InChI=1S/C18H23N3O2/c1-12(2)11-21-13(3)9-16(14(21)4)10-19-20-17-7-5-15(6-8-17)18(22)23/h5-10,12,20H,11H2,1-4H3,(H,22,23)/p-1/b19-10-. The number of carbonyl (C=O) groups is 1. The highest BCUT2D eigenvalue weighted by atomic mass is 16.4. The molecule has 0 saturated carbocycles. The van der Waals surface area contributed by atoms with Crippen LogP contribution in [0.25, 0.3) is 0 Å². The number of rotatable bonds is 6. The Hall–Kier alpha value is -2.56. The summed E-state index contributed by atoms with van der Waals surface area (Å²) < 4.78 is 2.29. The van der Waals surface area contributed by atoms with Crippen molar-refractivity contribution in [2.45, 2.75) is 34.2 Å². The van der Waals surface area contributed by atoms with Crippen molar-refractivity contribution >= 4 is 17.9 Å². The molecule has 2 rings (SSSR count). The summed E-state index contributed by atoms with van der Waals surface area (Å²) in [5, 5.41) is 14.9. The number of aromatic carboxylic acids is 1. The molecule has 0 amide bonds. The second-order valence-electron chi connectivity index (χ2n) is 6.07. The Kier molecular flexibility index (Phi) is 5.21. The van der Waals surface area contributed by atoms with Gasteiger partial charge < -0.3 is 14.5 Å². The van der Waals surface area contributed by atoms with Crippen LogP contribution in [0, 0.1) is 19.8 Å². The van der Waals surface area contributed by atoms with Crippen molar-refractivity contribution in [3.63, 3.8) is 0 Å². The minimum atomic E-state index is -1.18. The fourth-order valence-electron chi connectivity index (χ4n) is 2.46. The van der Waals surface area contributed by atoms with Crippen LogP contribution in [-0.4, -0.2) is 16.8 Å². The van der Waals surface area contributed by atoms with Gasteiger partial charge in [-0.15, -0.1) is 0 Å². The lowest BCUT2D eigenvalue weighted by molar-refractivity contribution is -0.255. The lowest BCUT2D eigenvalue weighted by atomic mass is 10.2. The Labute approximate surface area is 136 Å². The van der Waals surface area contributed by atoms with Gasteiger partial charge in [0.15, 0.2) is 0 Å². The molecule has 0 spiro atoms. The summed E-state index contributed by atoms with van der Waals surface area (Å²) in [5.41, 5.74) is 7.26. The number of carboxylic acids is 1. The maximum atomic E-state index is 10.7. The molecule has 0 fully saturated rings. The van der Waals surface area contributed by atoms with Crippen LogP contribution < -0.4 is 10.5 Å². The Morgan fingerprint density at radius 2 is 1.96 bits per heavy atom. The van der Waals surface area contributed by atoms with Gasteiger partial charge in [0.2, 0.25) is 0 Å². The molecule has 122 valence electrons. The van der Waals surface area contributed by atoms with E-state index in [4.69, 9.17) is 0 Å². The molecular formula is C18H22N3O2-. The van der Waals surface area contributed by atoms with Crippen molar-refractivity contribution < 1.29 is 9.90 Å². The number of nitrogens with zero attached hydrogens (tertiary/aromatic N) is 2. The van der Waals surface area contributed by atoms with Gasteiger partial charge in [-0.2, -0.15) is 5.10 Å². The van der Waals surface area contributed by atoms with Crippen molar-refractivity contribution in [3.8, 4) is 0 Å². The number of nitrogens with one attached hydrogen (secondary N) is 1. The quantitative estimate of drug-likeness (QED) is 0.658. The van der Waals surface area contributed by atoms with Gasteiger partial charge >= 0.3 is 0 Å². The van der Waals surface area contributed by atoms with Crippen molar-refractivity contribution in [3.05, 3.63) is 52.8 Å². The third-order valence-corrected chi connectivity index (χ3v) is 3.68. The molecule has 0 bridgehead atoms. The summed E-state index contributed by atoms with van der Waals surface area (Å²) in [7, 11) is 0. The van der Waals surface area contributed by atoms with Crippen molar-refractivity contribution in [2.24, 2.45) is 11.0 Å². The summed E-state index contributed by atoms with van der Waals surface area (Å²) in [5.74, 6) is -0.595. The van der Waals surface area contributed by atoms with E-state index in [2.05, 4.69) is 48.9 Å². The molecule has 5 nitrogen and oxygen atoms in total. The maximum Gasteiger partial charge on any atom is 0.0715 e. The number of hydrazone groups is 1. The van der Waals surface area contributed by atoms with Crippen molar-refractivity contribution in [1.82, 2.24) is 4.57 Å². The lowest BCUT2D eigenvalue weighted by Crippen LogP contribution is -2.21. The van der Waals surface area contributed by atoms with E-state index in [1.807, 2.05) is 0 Å². The van der Waals surface area contributed by atoms with Crippen LogP contribution in [0.2, 0.25) is 0 Å². The van der Waals surface area contributed by atoms with Gasteiger partial charge in [-0.25, -0.2) is 0 Å². The number of benzene rings is 1. The molecule has 0 aliphatic carbocycles. The molecule has 0 aliphatic heterocycles. The Morgan fingerprint density at radius 3 is 2.52 bits per heavy atom. The maximum absolute atomic E-state index is 10.7. The number of aryl methyl sites for hydroxylation is 1. The largest absolute Gasteiger partial charge is 0.545 e. The first kappa shape index (κ1) is 16.8. The van der Waals surface area contributed by atoms with E-state index in [-0.39, 0.29) is 5.56 Å². The molecule has 0 saturated heterocycles. The molecule has 0 atom stereocenters. The van der Waals surface area contributed by atoms with E-state index in [1.165, 1.54) is 23.5 Å². The van der Waals surface area contributed by atoms with Crippen LogP contribution in [0.5, 0.6) is 0 Å². The molecule has 23 heavy (non-hydrogen) atoms. The number of carbonyl (C=O) groups excluding carboxylic acids is 1. The number of carboxylic acid groups (broad SMARTS) is 1. The second-order valence-corrected chi connectivity index (χ2v) is 6.07. The molecule has 0 radical (unpaired) electrons. The summed E-state index contributed by atoms with van der Waals surface area (Å²) in [4.78, 5) is 10.7. The summed E-state index contributed by atoms with van der Waals surface area (Å²) in [6.45, 7) is 9.57. The topological polar surface area (TPSA) is 69.4 Å². The molecule has 2 aromatic rings. The van der Waals surface area contributed by atoms with E-state index in [9.17, 15) is 9.90 Å². The zero-order valence-corrected chi connectivity index (χ0v) is 14.0. The fourth-order valence-corrected chi connectivity index (χ4v) is 2.46. The van der Waals surface area contributed by atoms with E-state index in [1.54, 1.807) is 18.3 Å². The summed E-state index contributed by atoms with van der Waals surface area (Å²) in [6.07, 6.45) is 1.78. The zero-order chi connectivity index (χ0) is 17.0. The summed E-state index contributed by atoms with van der Waals surface area (Å²) in [6, 6.07) is 8.40. The first-order valence-corrected chi connectivity index (χ1v) is 7.65. The molecule has 0 unspecified atom stereocenters. The summed E-state index contributed by atoms with van der Waals surface area (Å²) >= 11 is 0. The van der Waals surface area contributed by atoms with E-state index in [0.717, 1.165) is 17.8 Å². The van der Waals surface area contributed by atoms with Gasteiger partial charge in [-0.3, -0.25) is 5.43 Å². The Morgan fingerprint density at radius 1 is 1.30 bits per heavy atom. The number of hydrogen-bond donors (Lipinski definition) is 1. The predicted octanol–water partition coefficient (Wildman–Crippen LogP) is 2.57. The number of aromatic nitrogens is 1. The molecule has 1 aromatic heterocycles. The van der Waals surface area contributed by atoms with Crippen LogP contribution in [-0.2, 0) is 6.54 Å². The van der Waals surface area contributed by atoms with Gasteiger partial charge in [0.25, 0.3) is 0 Å². The predicted molar refractivity (Wildman–Crippen MR) is 90.7 cm³/mol. The number of hydrogen-bond acceptors (Lipinski definition) is 4. The van der Waals surface area contributed by atoms with Crippen LogP contribution in [0.15, 0.2) is 35.4 Å². The van der Waals surface area contributed by atoms with E-state index >= 15 is 0 Å². The zero-order valence-electron chi connectivity index (χ0n) is 14.0. The van der Waals surface area contributed by atoms with Gasteiger partial charge in [0.05, 0.1) is 17.9 Å². The molecule has 5 heteroatoms. The molecule has 0 aliphatic rings. The van der Waals surface area contributed by atoms with E-state index in [0.29, 0.717) is 5.92 Å². The average molecular weight is 312 g/mol. The normalized spacial score (nSPS) is 11.3. The van der Waals surface area contributed by atoms with Gasteiger partial charge in [0.1, 0.15) is 0 Å². The monoisotopic (exact) mass is 312 g/mol. The SMILES string of the molecule is Cc1cc(/C=N\Nc2ccc(C(=O)[O-])cc2)c(C)n1CC(C)C. The first-order valence-electron chi connectivity index (χ1n) is 7.65. The van der Waals surface area contributed by atoms with Gasteiger partial charge in [-0.05, 0) is 43.5 Å². The lowest BCUT2D eigenvalue weighted by Gasteiger charge is -2.11. The Bertz CT molecular complexity index is 713. The molecular weight excluding hydrogens is 290 g/mol. The highest BCUT2D eigenvalue weighted by Gasteiger charge is 2.08. The minimum absolute atomic E-state index is 0.150. The average Bonchev–Trinajstić information content (AvgIpc) is 2.75. The smallest absolute Gasteiger partial charge is 0.0715 e. The molecule has 1 N–H and O–H groups in total.